The predicted octanol–water partition coefficient (Wildman–Crippen LogP) is 2.71. The topological polar surface area (TPSA) is 33.2 Å². The number of amides is 1. The maximum absolute atomic E-state index is 12.4. The third-order valence-electron chi connectivity index (χ3n) is 4.20. The average Bonchev–Trinajstić information content (AvgIpc) is 2.93. The second-order valence-electron chi connectivity index (χ2n) is 5.28. The Labute approximate surface area is 106 Å². The van der Waals surface area contributed by atoms with Crippen LogP contribution in [-0.2, 0) is 0 Å². The number of carbonyl (C=O) groups is 1. The summed E-state index contributed by atoms with van der Waals surface area (Å²) in [6.07, 6.45) is 5.33. The largest absolute Gasteiger partial charge is 0.337 e. The van der Waals surface area contributed by atoms with Crippen molar-refractivity contribution in [3.63, 3.8) is 0 Å². The Morgan fingerprint density at radius 1 is 1.35 bits per heavy atom. The first-order valence-corrected chi connectivity index (χ1v) is 7.33. The SMILES string of the molecule is Cc1ncsc1C(=O)N1CC2CCCCC2C1. The molecule has 1 aromatic heterocycles. The Hall–Kier alpha value is -0.900. The van der Waals surface area contributed by atoms with Crippen LogP contribution in [0, 0.1) is 18.8 Å². The molecule has 2 fully saturated rings. The minimum Gasteiger partial charge on any atom is -0.337 e. The van der Waals surface area contributed by atoms with Gasteiger partial charge in [0.1, 0.15) is 4.88 Å². The fourth-order valence-corrected chi connectivity index (χ4v) is 3.99. The number of aromatic nitrogens is 1. The molecular weight excluding hydrogens is 232 g/mol. The minimum absolute atomic E-state index is 0.208. The van der Waals surface area contributed by atoms with Gasteiger partial charge in [0.15, 0.2) is 0 Å². The number of fused-ring (bicyclic) bond motifs is 1. The first-order chi connectivity index (χ1) is 8.25. The molecule has 2 atom stereocenters. The van der Waals surface area contributed by atoms with Crippen LogP contribution in [0.5, 0.6) is 0 Å². The number of hydrogen-bond acceptors (Lipinski definition) is 3. The Morgan fingerprint density at radius 2 is 2.00 bits per heavy atom. The monoisotopic (exact) mass is 250 g/mol. The van der Waals surface area contributed by atoms with Gasteiger partial charge >= 0.3 is 0 Å². The second-order valence-corrected chi connectivity index (χ2v) is 6.14. The number of nitrogens with zero attached hydrogens (tertiary/aromatic N) is 2. The van der Waals surface area contributed by atoms with Crippen LogP contribution in [0.3, 0.4) is 0 Å². The predicted molar refractivity (Wildman–Crippen MR) is 68.2 cm³/mol. The lowest BCUT2D eigenvalue weighted by Crippen LogP contribution is -2.28. The van der Waals surface area contributed by atoms with Gasteiger partial charge in [-0.15, -0.1) is 11.3 Å². The van der Waals surface area contributed by atoms with Crippen molar-refractivity contribution >= 4 is 17.2 Å². The standard InChI is InChI=1S/C13H18N2OS/c1-9-12(17-8-14-9)13(16)15-6-10-4-2-3-5-11(10)7-15/h8,10-11H,2-7H2,1H3. The number of rotatable bonds is 1. The van der Waals surface area contributed by atoms with Gasteiger partial charge in [0.25, 0.3) is 5.91 Å². The number of thiazole rings is 1. The molecule has 1 amide bonds. The minimum atomic E-state index is 0.208. The summed E-state index contributed by atoms with van der Waals surface area (Å²) in [5.41, 5.74) is 2.65. The van der Waals surface area contributed by atoms with Gasteiger partial charge in [-0.05, 0) is 31.6 Å². The lowest BCUT2D eigenvalue weighted by atomic mass is 9.82. The van der Waals surface area contributed by atoms with E-state index in [9.17, 15) is 4.79 Å². The molecule has 2 heterocycles. The van der Waals surface area contributed by atoms with Gasteiger partial charge < -0.3 is 4.90 Å². The summed E-state index contributed by atoms with van der Waals surface area (Å²) in [5, 5.41) is 0. The van der Waals surface area contributed by atoms with Gasteiger partial charge in [-0.3, -0.25) is 4.79 Å². The molecule has 1 aliphatic carbocycles. The molecule has 92 valence electrons. The van der Waals surface area contributed by atoms with Gasteiger partial charge in [-0.25, -0.2) is 4.98 Å². The maximum atomic E-state index is 12.4. The normalized spacial score (nSPS) is 28.2. The number of aryl methyl sites for hydroxylation is 1. The van der Waals surface area contributed by atoms with Gasteiger partial charge in [0.05, 0.1) is 11.2 Å². The van der Waals surface area contributed by atoms with Crippen LogP contribution < -0.4 is 0 Å². The van der Waals surface area contributed by atoms with Gasteiger partial charge in [-0.1, -0.05) is 12.8 Å². The molecule has 1 saturated carbocycles. The van der Waals surface area contributed by atoms with Crippen molar-refractivity contribution < 1.29 is 4.79 Å². The van der Waals surface area contributed by atoms with Crippen LogP contribution in [-0.4, -0.2) is 28.9 Å². The zero-order chi connectivity index (χ0) is 11.8. The zero-order valence-corrected chi connectivity index (χ0v) is 11.0. The average molecular weight is 250 g/mol. The van der Waals surface area contributed by atoms with Crippen LogP contribution in [0.1, 0.15) is 41.0 Å². The molecule has 1 saturated heterocycles. The summed E-state index contributed by atoms with van der Waals surface area (Å²) < 4.78 is 0. The van der Waals surface area contributed by atoms with Crippen LogP contribution in [0.25, 0.3) is 0 Å². The van der Waals surface area contributed by atoms with Gasteiger partial charge in [0.2, 0.25) is 0 Å². The first-order valence-electron chi connectivity index (χ1n) is 6.45. The highest BCUT2D eigenvalue weighted by atomic mass is 32.1. The quantitative estimate of drug-likeness (QED) is 0.768. The fraction of sp³-hybridized carbons (Fsp3) is 0.692. The summed E-state index contributed by atoms with van der Waals surface area (Å²) in [7, 11) is 0. The van der Waals surface area contributed by atoms with E-state index in [0.29, 0.717) is 0 Å². The Balaban J connectivity index is 1.74. The fourth-order valence-electron chi connectivity index (χ4n) is 3.22. The lowest BCUT2D eigenvalue weighted by Gasteiger charge is -2.22. The lowest BCUT2D eigenvalue weighted by molar-refractivity contribution is 0.0788. The number of hydrogen-bond donors (Lipinski definition) is 0. The molecule has 2 aliphatic rings. The third kappa shape index (κ3) is 1.99. The van der Waals surface area contributed by atoms with E-state index in [1.807, 2.05) is 6.92 Å². The summed E-state index contributed by atoms with van der Waals surface area (Å²) in [5.74, 6) is 1.74. The number of carbonyl (C=O) groups excluding carboxylic acids is 1. The molecule has 1 aromatic rings. The summed E-state index contributed by atoms with van der Waals surface area (Å²) in [6.45, 7) is 3.87. The molecule has 2 unspecified atom stereocenters. The molecular formula is C13H18N2OS. The van der Waals surface area contributed by atoms with Crippen molar-refractivity contribution in [2.45, 2.75) is 32.6 Å². The van der Waals surface area contributed by atoms with Crippen molar-refractivity contribution in [3.05, 3.63) is 16.1 Å². The maximum Gasteiger partial charge on any atom is 0.265 e. The van der Waals surface area contributed by atoms with Gasteiger partial charge in [0, 0.05) is 13.1 Å². The molecule has 0 bridgehead atoms. The van der Waals surface area contributed by atoms with Crippen molar-refractivity contribution in [2.24, 2.45) is 11.8 Å². The van der Waals surface area contributed by atoms with Crippen molar-refractivity contribution in [3.8, 4) is 0 Å². The van der Waals surface area contributed by atoms with Crippen molar-refractivity contribution in [1.82, 2.24) is 9.88 Å². The third-order valence-corrected chi connectivity index (χ3v) is 5.12. The molecule has 0 N–H and O–H groups in total. The van der Waals surface area contributed by atoms with E-state index >= 15 is 0 Å². The van der Waals surface area contributed by atoms with E-state index in [4.69, 9.17) is 0 Å². The Bertz CT molecular complexity index is 415. The highest BCUT2D eigenvalue weighted by Crippen LogP contribution is 2.36. The summed E-state index contributed by atoms with van der Waals surface area (Å²) in [6, 6.07) is 0. The Morgan fingerprint density at radius 3 is 2.53 bits per heavy atom. The molecule has 4 heteroatoms. The number of likely N-dealkylation sites (tertiary alicyclic amines) is 1. The van der Waals surface area contributed by atoms with E-state index in [1.54, 1.807) is 5.51 Å². The van der Waals surface area contributed by atoms with E-state index < -0.39 is 0 Å². The smallest absolute Gasteiger partial charge is 0.265 e. The van der Waals surface area contributed by atoms with Crippen molar-refractivity contribution in [2.75, 3.05) is 13.1 Å². The van der Waals surface area contributed by atoms with Crippen LogP contribution in [0.4, 0.5) is 0 Å². The molecule has 0 aromatic carbocycles. The molecule has 17 heavy (non-hydrogen) atoms. The van der Waals surface area contributed by atoms with Crippen LogP contribution >= 0.6 is 11.3 Å². The van der Waals surface area contributed by atoms with E-state index in [-0.39, 0.29) is 5.91 Å². The highest BCUT2D eigenvalue weighted by molar-refractivity contribution is 7.11. The molecule has 3 nitrogen and oxygen atoms in total. The first kappa shape index (κ1) is 11.2. The van der Waals surface area contributed by atoms with Crippen molar-refractivity contribution in [1.29, 1.82) is 0 Å². The molecule has 3 rings (SSSR count). The van der Waals surface area contributed by atoms with Crippen LogP contribution in [0.15, 0.2) is 5.51 Å². The van der Waals surface area contributed by atoms with Gasteiger partial charge in [-0.2, -0.15) is 0 Å². The van der Waals surface area contributed by atoms with E-state index in [0.717, 1.165) is 35.5 Å². The molecule has 1 aliphatic heterocycles. The van der Waals surface area contributed by atoms with E-state index in [1.165, 1.54) is 37.0 Å². The molecule has 0 radical (unpaired) electrons. The summed E-state index contributed by atoms with van der Waals surface area (Å²) >= 11 is 1.48. The van der Waals surface area contributed by atoms with Crippen LogP contribution in [0.2, 0.25) is 0 Å². The highest BCUT2D eigenvalue weighted by Gasteiger charge is 2.37. The second kappa shape index (κ2) is 4.41. The zero-order valence-electron chi connectivity index (χ0n) is 10.2. The Kier molecular flexibility index (Phi) is 2.90. The van der Waals surface area contributed by atoms with E-state index in [2.05, 4.69) is 9.88 Å². The molecule has 0 spiro atoms. The summed E-state index contributed by atoms with van der Waals surface area (Å²) in [4.78, 5) is 19.4.